The number of rotatable bonds is 10. The number of aliphatic hydroxyl groups excluding tert-OH is 1. The lowest BCUT2D eigenvalue weighted by Crippen LogP contribution is -2.53. The van der Waals surface area contributed by atoms with E-state index in [9.17, 15) is 19.2 Å². The van der Waals surface area contributed by atoms with Gasteiger partial charge in [-0.2, -0.15) is 0 Å². The molecule has 28 heavy (non-hydrogen) atoms. The minimum Gasteiger partial charge on any atom is -0.392 e. The highest BCUT2D eigenvalue weighted by atomic mass is 16.3. The number of carbonyl (C=O) groups is 4. The molecule has 1 aromatic carbocycles. The number of anilines is 1. The van der Waals surface area contributed by atoms with E-state index in [2.05, 4.69) is 16.0 Å². The van der Waals surface area contributed by atoms with Crippen molar-refractivity contribution in [2.75, 3.05) is 5.32 Å². The van der Waals surface area contributed by atoms with E-state index in [1.807, 2.05) is 0 Å². The summed E-state index contributed by atoms with van der Waals surface area (Å²) in [6.07, 6.45) is 0.137. The minimum atomic E-state index is -0.819. The van der Waals surface area contributed by atoms with Crippen molar-refractivity contribution < 1.29 is 24.3 Å². The Morgan fingerprint density at radius 3 is 2.04 bits per heavy atom. The molecule has 0 aliphatic carbocycles. The van der Waals surface area contributed by atoms with E-state index in [0.29, 0.717) is 5.69 Å². The fraction of sp³-hybridized carbons (Fsp3) is 0.500. The fourth-order valence-electron chi connectivity index (χ4n) is 2.38. The Balaban J connectivity index is 2.63. The van der Waals surface area contributed by atoms with Crippen molar-refractivity contribution in [2.24, 2.45) is 5.92 Å². The molecular weight excluding hydrogens is 362 g/mol. The molecule has 4 N–H and O–H groups in total. The fourth-order valence-corrected chi connectivity index (χ4v) is 2.38. The van der Waals surface area contributed by atoms with Crippen LogP contribution in [0.25, 0.3) is 0 Å². The number of amides is 3. The molecular formula is C20H29N3O5. The van der Waals surface area contributed by atoms with E-state index in [1.54, 1.807) is 45.0 Å². The van der Waals surface area contributed by atoms with Crippen molar-refractivity contribution in [1.82, 2.24) is 10.6 Å². The van der Waals surface area contributed by atoms with Gasteiger partial charge in [-0.3, -0.25) is 14.4 Å². The molecule has 1 rings (SSSR count). The third-order valence-electron chi connectivity index (χ3n) is 4.13. The van der Waals surface area contributed by atoms with E-state index in [0.717, 1.165) is 5.56 Å². The van der Waals surface area contributed by atoms with Crippen LogP contribution in [0.4, 0.5) is 5.69 Å². The van der Waals surface area contributed by atoms with Gasteiger partial charge in [-0.1, -0.05) is 26.0 Å². The predicted octanol–water partition coefficient (Wildman–Crippen LogP) is 1.13. The second kappa shape index (κ2) is 11.2. The van der Waals surface area contributed by atoms with Crippen LogP contribution >= 0.6 is 0 Å². The number of hydrogen-bond acceptors (Lipinski definition) is 5. The molecule has 8 nitrogen and oxygen atoms in total. The van der Waals surface area contributed by atoms with Gasteiger partial charge in [-0.15, -0.1) is 0 Å². The number of Topliss-reactive ketones (excluding diaryl/α,β-unsaturated/α-hetero) is 1. The molecule has 0 aliphatic heterocycles. The average Bonchev–Trinajstić information content (AvgIpc) is 2.64. The quantitative estimate of drug-likeness (QED) is 0.476. The van der Waals surface area contributed by atoms with Crippen LogP contribution in [-0.2, 0) is 25.8 Å². The third-order valence-corrected chi connectivity index (χ3v) is 4.13. The summed E-state index contributed by atoms with van der Waals surface area (Å²) in [4.78, 5) is 47.7. The number of ketones is 1. The molecule has 1 unspecified atom stereocenters. The molecule has 8 heteroatoms. The zero-order valence-corrected chi connectivity index (χ0v) is 16.7. The number of benzene rings is 1. The smallest absolute Gasteiger partial charge is 0.246 e. The van der Waals surface area contributed by atoms with E-state index >= 15 is 0 Å². The molecule has 0 radical (unpaired) electrons. The normalized spacial score (nSPS) is 12.8. The third kappa shape index (κ3) is 7.87. The van der Waals surface area contributed by atoms with Crippen molar-refractivity contribution >= 4 is 29.2 Å². The van der Waals surface area contributed by atoms with Crippen LogP contribution < -0.4 is 16.0 Å². The first-order valence-electron chi connectivity index (χ1n) is 9.23. The second-order valence-corrected chi connectivity index (χ2v) is 7.07. The molecule has 0 heterocycles. The Morgan fingerprint density at radius 2 is 1.54 bits per heavy atom. The number of carbonyl (C=O) groups excluding carboxylic acids is 4. The summed E-state index contributed by atoms with van der Waals surface area (Å²) in [6.45, 7) is 6.42. The van der Waals surface area contributed by atoms with E-state index in [1.165, 1.54) is 6.92 Å². The summed E-state index contributed by atoms with van der Waals surface area (Å²) in [5, 5.41) is 16.9. The summed E-state index contributed by atoms with van der Waals surface area (Å²) in [5.41, 5.74) is 1.26. The van der Waals surface area contributed by atoms with Gasteiger partial charge < -0.3 is 25.9 Å². The van der Waals surface area contributed by atoms with Gasteiger partial charge in [0, 0.05) is 18.5 Å². The topological polar surface area (TPSA) is 125 Å². The Bertz CT molecular complexity index is 700. The van der Waals surface area contributed by atoms with E-state index in [-0.39, 0.29) is 37.1 Å². The van der Waals surface area contributed by atoms with Gasteiger partial charge in [0.25, 0.3) is 0 Å². The first kappa shape index (κ1) is 23.3. The largest absolute Gasteiger partial charge is 0.392 e. The molecule has 154 valence electrons. The van der Waals surface area contributed by atoms with Crippen LogP contribution in [0.15, 0.2) is 24.3 Å². The summed E-state index contributed by atoms with van der Waals surface area (Å²) >= 11 is 0. The molecule has 0 aromatic heterocycles. The molecule has 0 aliphatic rings. The zero-order valence-electron chi connectivity index (χ0n) is 16.7. The summed E-state index contributed by atoms with van der Waals surface area (Å²) < 4.78 is 0. The molecule has 3 amide bonds. The highest BCUT2D eigenvalue weighted by Gasteiger charge is 2.27. The van der Waals surface area contributed by atoms with Gasteiger partial charge in [0.1, 0.15) is 17.9 Å². The van der Waals surface area contributed by atoms with E-state index in [4.69, 9.17) is 5.11 Å². The molecule has 0 saturated carbocycles. The van der Waals surface area contributed by atoms with Gasteiger partial charge in [-0.25, -0.2) is 0 Å². The molecule has 2 atom stereocenters. The zero-order chi connectivity index (χ0) is 21.3. The molecule has 0 fully saturated rings. The Labute approximate surface area is 165 Å². The van der Waals surface area contributed by atoms with E-state index < -0.39 is 23.9 Å². The molecule has 0 saturated heterocycles. The van der Waals surface area contributed by atoms with Crippen LogP contribution in [0.2, 0.25) is 0 Å². The second-order valence-electron chi connectivity index (χ2n) is 7.07. The molecule has 0 bridgehead atoms. The van der Waals surface area contributed by atoms with Crippen LogP contribution in [0.1, 0.15) is 46.1 Å². The lowest BCUT2D eigenvalue weighted by Gasteiger charge is -2.23. The Kier molecular flexibility index (Phi) is 9.31. The lowest BCUT2D eigenvalue weighted by molar-refractivity contribution is -0.132. The molecule has 1 aromatic rings. The van der Waals surface area contributed by atoms with Gasteiger partial charge in [-0.05, 0) is 37.5 Å². The van der Waals surface area contributed by atoms with Crippen LogP contribution in [0.5, 0.6) is 0 Å². The highest BCUT2D eigenvalue weighted by molar-refractivity contribution is 5.98. The maximum atomic E-state index is 12.5. The number of hydrogen-bond donors (Lipinski definition) is 4. The summed E-state index contributed by atoms with van der Waals surface area (Å²) in [7, 11) is 0. The highest BCUT2D eigenvalue weighted by Crippen LogP contribution is 2.10. The van der Waals surface area contributed by atoms with Gasteiger partial charge >= 0.3 is 0 Å². The molecule has 0 spiro atoms. The van der Waals surface area contributed by atoms with Crippen molar-refractivity contribution in [3.8, 4) is 0 Å². The monoisotopic (exact) mass is 391 g/mol. The summed E-state index contributed by atoms with van der Waals surface area (Å²) in [6, 6.07) is 5.06. The van der Waals surface area contributed by atoms with Gasteiger partial charge in [0.15, 0.2) is 0 Å². The Morgan fingerprint density at radius 1 is 0.929 bits per heavy atom. The van der Waals surface area contributed by atoms with Crippen LogP contribution in [-0.4, -0.2) is 40.7 Å². The first-order valence-corrected chi connectivity index (χ1v) is 9.23. The lowest BCUT2D eigenvalue weighted by atomic mass is 10.0. The van der Waals surface area contributed by atoms with Crippen LogP contribution in [0.3, 0.4) is 0 Å². The minimum absolute atomic E-state index is 0.0196. The standard InChI is InChI=1S/C20H29N3O5/c1-12(2)18(23-17(26)10-5-13(3)25)20(28)21-14(4)19(27)22-16-8-6-15(11-24)7-9-16/h6-9,12,14,18,24H,5,10-11H2,1-4H3,(H,21,28)(H,22,27)(H,23,26)/t14-,18?/m0/s1. The summed E-state index contributed by atoms with van der Waals surface area (Å²) in [5.74, 6) is -1.55. The van der Waals surface area contributed by atoms with Crippen molar-refractivity contribution in [3.05, 3.63) is 29.8 Å². The van der Waals surface area contributed by atoms with Gasteiger partial charge in [0.05, 0.1) is 6.61 Å². The van der Waals surface area contributed by atoms with Crippen molar-refractivity contribution in [3.63, 3.8) is 0 Å². The average molecular weight is 391 g/mol. The maximum absolute atomic E-state index is 12.5. The maximum Gasteiger partial charge on any atom is 0.246 e. The van der Waals surface area contributed by atoms with Crippen molar-refractivity contribution in [2.45, 2.75) is 59.2 Å². The SMILES string of the molecule is CC(=O)CCC(=O)NC(C(=O)N[C@@H](C)C(=O)Nc1ccc(CO)cc1)C(C)C. The van der Waals surface area contributed by atoms with Gasteiger partial charge in [0.2, 0.25) is 17.7 Å². The number of nitrogens with one attached hydrogen (secondary N) is 3. The van der Waals surface area contributed by atoms with Crippen LogP contribution in [0, 0.1) is 5.92 Å². The first-order chi connectivity index (χ1) is 13.1. The Hall–Kier alpha value is -2.74. The van der Waals surface area contributed by atoms with Crippen molar-refractivity contribution in [1.29, 1.82) is 0 Å². The predicted molar refractivity (Wildman–Crippen MR) is 105 cm³/mol. The number of aliphatic hydroxyl groups is 1.